The number of nitrogens with one attached hydrogen (secondary N) is 1. The van der Waals surface area contributed by atoms with Gasteiger partial charge in [-0.2, -0.15) is 0 Å². The first kappa shape index (κ1) is 23.7. The number of aryl methyl sites for hydroxylation is 1. The zero-order valence-electron chi connectivity index (χ0n) is 18.8. The minimum absolute atomic E-state index is 0.0439. The molecule has 1 aliphatic rings. The Labute approximate surface area is 196 Å². The van der Waals surface area contributed by atoms with Gasteiger partial charge in [-0.05, 0) is 49.7 Å². The molecular weight excluding hydrogens is 463 g/mol. The van der Waals surface area contributed by atoms with E-state index in [1.54, 1.807) is 25.3 Å². The molecule has 2 heterocycles. The van der Waals surface area contributed by atoms with Gasteiger partial charge in [-0.25, -0.2) is 17.8 Å². The quantitative estimate of drug-likeness (QED) is 0.546. The minimum atomic E-state index is -3.74. The van der Waals surface area contributed by atoms with Crippen molar-refractivity contribution >= 4 is 21.6 Å². The van der Waals surface area contributed by atoms with Crippen molar-refractivity contribution in [3.8, 4) is 17.2 Å². The largest absolute Gasteiger partial charge is 0.484 e. The second-order valence-corrected chi connectivity index (χ2v) is 10.5. The van der Waals surface area contributed by atoms with Crippen LogP contribution in [0.25, 0.3) is 0 Å². The summed E-state index contributed by atoms with van der Waals surface area (Å²) in [6.45, 7) is 3.32. The van der Waals surface area contributed by atoms with E-state index in [4.69, 9.17) is 9.47 Å². The number of aliphatic hydroxyl groups excluding tert-OH is 1. The molecule has 10 heteroatoms. The number of benzene rings is 2. The molecule has 0 fully saturated rings. The molecule has 2 aromatic carbocycles. The van der Waals surface area contributed by atoms with Crippen LogP contribution in [0.4, 0.5) is 10.2 Å². The van der Waals surface area contributed by atoms with Crippen LogP contribution < -0.4 is 14.8 Å². The summed E-state index contributed by atoms with van der Waals surface area (Å²) in [4.78, 5) is 16.6. The van der Waals surface area contributed by atoms with Crippen molar-refractivity contribution in [3.05, 3.63) is 71.2 Å². The Morgan fingerprint density at radius 1 is 1.26 bits per heavy atom. The van der Waals surface area contributed by atoms with E-state index in [1.807, 2.05) is 13.0 Å². The van der Waals surface area contributed by atoms with Gasteiger partial charge in [0.2, 0.25) is 0 Å². The summed E-state index contributed by atoms with van der Waals surface area (Å²) in [6, 6.07) is 9.92. The van der Waals surface area contributed by atoms with Crippen molar-refractivity contribution in [1.29, 1.82) is 0 Å². The maximum absolute atomic E-state index is 14.4. The first-order valence-corrected chi connectivity index (χ1v) is 12.2. The lowest BCUT2D eigenvalue weighted by atomic mass is 9.98. The number of sulfone groups is 1. The number of amides is 1. The van der Waals surface area contributed by atoms with E-state index < -0.39 is 32.1 Å². The number of aliphatic hydroxyl groups is 1. The van der Waals surface area contributed by atoms with E-state index in [0.717, 1.165) is 24.0 Å². The molecule has 8 nitrogen and oxygen atoms in total. The van der Waals surface area contributed by atoms with Crippen LogP contribution in [0.1, 0.15) is 28.4 Å². The van der Waals surface area contributed by atoms with Gasteiger partial charge in [0.1, 0.15) is 39.4 Å². The lowest BCUT2D eigenvalue weighted by Gasteiger charge is -2.20. The van der Waals surface area contributed by atoms with Crippen LogP contribution in [0, 0.1) is 12.7 Å². The molecule has 2 N–H and O–H groups in total. The van der Waals surface area contributed by atoms with Gasteiger partial charge < -0.3 is 19.9 Å². The lowest BCUT2D eigenvalue weighted by molar-refractivity contribution is 0.0445. The van der Waals surface area contributed by atoms with Gasteiger partial charge in [0.15, 0.2) is 9.84 Å². The molecule has 1 amide bonds. The topological polar surface area (TPSA) is 115 Å². The summed E-state index contributed by atoms with van der Waals surface area (Å²) in [7, 11) is -3.74. The number of carbonyl (C=O) groups excluding carboxylic acids is 1. The average molecular weight is 487 g/mol. The van der Waals surface area contributed by atoms with E-state index in [-0.39, 0.29) is 23.7 Å². The maximum atomic E-state index is 14.4. The van der Waals surface area contributed by atoms with Crippen LogP contribution in [0.5, 0.6) is 17.2 Å². The van der Waals surface area contributed by atoms with Crippen molar-refractivity contribution in [3.63, 3.8) is 0 Å². The SMILES string of the molecule is Cc1ccc(NC(=O)c2cc(Oc3ccc(S(C)(=O)=O)c(F)c3)c3c(c2)OC(C)(CO)C3)nc1. The first-order chi connectivity index (χ1) is 16.0. The fourth-order valence-electron chi connectivity index (χ4n) is 3.57. The average Bonchev–Trinajstić information content (AvgIpc) is 3.12. The van der Waals surface area contributed by atoms with Crippen LogP contribution in [0.2, 0.25) is 0 Å². The van der Waals surface area contributed by atoms with Gasteiger partial charge >= 0.3 is 0 Å². The number of anilines is 1. The zero-order valence-corrected chi connectivity index (χ0v) is 19.6. The summed E-state index contributed by atoms with van der Waals surface area (Å²) in [5, 5.41) is 12.5. The van der Waals surface area contributed by atoms with Gasteiger partial charge in [0.05, 0.1) is 6.61 Å². The Bertz CT molecular complexity index is 1370. The van der Waals surface area contributed by atoms with Gasteiger partial charge in [-0.3, -0.25) is 4.79 Å². The number of rotatable bonds is 6. The van der Waals surface area contributed by atoms with E-state index in [1.165, 1.54) is 12.1 Å². The normalized spacial score (nSPS) is 17.1. The second-order valence-electron chi connectivity index (χ2n) is 8.48. The van der Waals surface area contributed by atoms with Crippen LogP contribution in [-0.2, 0) is 16.3 Å². The highest BCUT2D eigenvalue weighted by molar-refractivity contribution is 7.90. The van der Waals surface area contributed by atoms with E-state index in [0.29, 0.717) is 23.6 Å². The summed E-state index contributed by atoms with van der Waals surface area (Å²) < 4.78 is 49.5. The van der Waals surface area contributed by atoms with Crippen molar-refractivity contribution in [2.75, 3.05) is 18.2 Å². The highest BCUT2D eigenvalue weighted by atomic mass is 32.2. The van der Waals surface area contributed by atoms with Gasteiger partial charge in [-0.15, -0.1) is 0 Å². The predicted octanol–water partition coefficient (Wildman–Crippen LogP) is 3.66. The molecule has 1 aromatic heterocycles. The van der Waals surface area contributed by atoms with Crippen LogP contribution in [0.15, 0.2) is 53.6 Å². The molecule has 1 atom stereocenters. The molecule has 0 saturated heterocycles. The van der Waals surface area contributed by atoms with Gasteiger partial charge in [-0.1, -0.05) is 6.07 Å². The minimum Gasteiger partial charge on any atom is -0.484 e. The molecule has 0 radical (unpaired) electrons. The number of carbonyl (C=O) groups is 1. The standard InChI is InChI=1S/C24H23FN2O6S/c1-14-4-7-22(26-12-14)27-23(29)15-8-19(17-11-24(2,13-28)33-20(17)9-15)32-16-5-6-21(18(25)10-16)34(3,30)31/h4-10,12,28H,11,13H2,1-3H3,(H,26,27,29). The maximum Gasteiger partial charge on any atom is 0.257 e. The fraction of sp³-hybridized carbons (Fsp3) is 0.250. The molecule has 3 aromatic rings. The van der Waals surface area contributed by atoms with Crippen LogP contribution in [0.3, 0.4) is 0 Å². The zero-order chi connectivity index (χ0) is 24.7. The summed E-state index contributed by atoms with van der Waals surface area (Å²) in [5.74, 6) is -0.440. The van der Waals surface area contributed by atoms with E-state index in [2.05, 4.69) is 10.3 Å². The van der Waals surface area contributed by atoms with Crippen molar-refractivity contribution < 1.29 is 32.2 Å². The number of fused-ring (bicyclic) bond motifs is 1. The third-order valence-corrected chi connectivity index (χ3v) is 6.49. The second kappa shape index (κ2) is 8.69. The Balaban J connectivity index is 1.70. The van der Waals surface area contributed by atoms with Crippen molar-refractivity contribution in [2.45, 2.75) is 30.8 Å². The molecular formula is C24H23FN2O6S. The molecule has 4 rings (SSSR count). The molecule has 0 spiro atoms. The van der Waals surface area contributed by atoms with E-state index in [9.17, 15) is 22.7 Å². The molecule has 0 aliphatic carbocycles. The Hall–Kier alpha value is -3.50. The summed E-state index contributed by atoms with van der Waals surface area (Å²) >= 11 is 0. The predicted molar refractivity (Wildman–Crippen MR) is 123 cm³/mol. The van der Waals surface area contributed by atoms with E-state index >= 15 is 0 Å². The molecule has 1 unspecified atom stereocenters. The first-order valence-electron chi connectivity index (χ1n) is 10.4. The lowest BCUT2D eigenvalue weighted by Crippen LogP contribution is -2.34. The molecule has 34 heavy (non-hydrogen) atoms. The van der Waals surface area contributed by atoms with Gasteiger partial charge in [0.25, 0.3) is 5.91 Å². The smallest absolute Gasteiger partial charge is 0.257 e. The summed E-state index contributed by atoms with van der Waals surface area (Å²) in [5.41, 5.74) is 0.817. The number of halogens is 1. The van der Waals surface area contributed by atoms with Crippen molar-refractivity contribution in [2.24, 2.45) is 0 Å². The number of ether oxygens (including phenoxy) is 2. The number of hydrogen-bond donors (Lipinski definition) is 2. The molecule has 0 saturated carbocycles. The highest BCUT2D eigenvalue weighted by Crippen LogP contribution is 2.43. The van der Waals surface area contributed by atoms with Gasteiger partial charge in [0, 0.05) is 36.1 Å². The summed E-state index contributed by atoms with van der Waals surface area (Å²) in [6.07, 6.45) is 2.83. The fourth-order valence-corrected chi connectivity index (χ4v) is 4.30. The number of pyridine rings is 1. The molecule has 178 valence electrons. The number of hydrogen-bond acceptors (Lipinski definition) is 7. The number of aromatic nitrogens is 1. The Morgan fingerprint density at radius 3 is 2.65 bits per heavy atom. The highest BCUT2D eigenvalue weighted by Gasteiger charge is 2.37. The third kappa shape index (κ3) is 4.87. The molecule has 0 bridgehead atoms. The number of nitrogens with zero attached hydrogens (tertiary/aromatic N) is 1. The van der Waals surface area contributed by atoms with Crippen molar-refractivity contribution in [1.82, 2.24) is 4.98 Å². The third-order valence-electron chi connectivity index (χ3n) is 5.36. The monoisotopic (exact) mass is 486 g/mol. The Morgan fingerprint density at radius 2 is 2.03 bits per heavy atom. The Kier molecular flexibility index (Phi) is 6.05. The van der Waals surface area contributed by atoms with Crippen LogP contribution in [-0.4, -0.2) is 42.9 Å². The molecule has 1 aliphatic heterocycles. The van der Waals surface area contributed by atoms with Crippen LogP contribution >= 0.6 is 0 Å².